The second-order valence-electron chi connectivity index (χ2n) is 9.07. The van der Waals surface area contributed by atoms with E-state index in [1.54, 1.807) is 11.0 Å². The van der Waals surface area contributed by atoms with E-state index in [9.17, 15) is 14.4 Å². The molecule has 2 N–H and O–H groups in total. The number of likely N-dealkylation sites (tertiary alicyclic amines) is 1. The molecule has 1 saturated heterocycles. The highest BCUT2D eigenvalue weighted by Crippen LogP contribution is 2.38. The van der Waals surface area contributed by atoms with Gasteiger partial charge in [0.15, 0.2) is 0 Å². The molecule has 3 rings (SSSR count). The van der Waals surface area contributed by atoms with Crippen LogP contribution in [0.25, 0.3) is 0 Å². The third kappa shape index (κ3) is 4.13. The molecule has 0 aliphatic carbocycles. The maximum atomic E-state index is 12.7. The van der Waals surface area contributed by atoms with Gasteiger partial charge in [0, 0.05) is 30.4 Å². The molecule has 0 radical (unpaired) electrons. The molecule has 0 unspecified atom stereocenters. The van der Waals surface area contributed by atoms with Gasteiger partial charge in [0.2, 0.25) is 11.8 Å². The molecule has 7 heteroatoms. The highest BCUT2D eigenvalue weighted by molar-refractivity contribution is 6.06. The molecular formula is C21H29N3O4. The first-order chi connectivity index (χ1) is 13.0. The molecule has 1 aromatic rings. The van der Waals surface area contributed by atoms with E-state index in [4.69, 9.17) is 4.74 Å². The van der Waals surface area contributed by atoms with Crippen molar-refractivity contribution in [3.05, 3.63) is 23.8 Å². The molecule has 7 nitrogen and oxygen atoms in total. The third-order valence-electron chi connectivity index (χ3n) is 5.29. The Morgan fingerprint density at radius 3 is 2.46 bits per heavy atom. The summed E-state index contributed by atoms with van der Waals surface area (Å²) in [5.41, 5.74) is 1.22. The molecular weight excluding hydrogens is 358 g/mol. The van der Waals surface area contributed by atoms with Crippen LogP contribution in [0, 0.1) is 5.92 Å². The van der Waals surface area contributed by atoms with Gasteiger partial charge >= 0.3 is 6.09 Å². The number of nitrogens with one attached hydrogen (secondary N) is 2. The van der Waals surface area contributed by atoms with Gasteiger partial charge < -0.3 is 20.3 Å². The van der Waals surface area contributed by atoms with Crippen molar-refractivity contribution in [3.63, 3.8) is 0 Å². The zero-order chi connectivity index (χ0) is 20.7. The fourth-order valence-corrected chi connectivity index (χ4v) is 3.54. The van der Waals surface area contributed by atoms with Gasteiger partial charge in [0.25, 0.3) is 0 Å². The lowest BCUT2D eigenvalue weighted by molar-refractivity contribution is -0.121. The summed E-state index contributed by atoms with van der Waals surface area (Å²) in [6.07, 6.45) is 0.868. The summed E-state index contributed by atoms with van der Waals surface area (Å²) >= 11 is 0. The van der Waals surface area contributed by atoms with Crippen LogP contribution in [0.4, 0.5) is 16.2 Å². The van der Waals surface area contributed by atoms with E-state index in [-0.39, 0.29) is 23.8 Å². The first-order valence-electron chi connectivity index (χ1n) is 9.72. The molecule has 0 spiro atoms. The van der Waals surface area contributed by atoms with Gasteiger partial charge in [-0.05, 0) is 71.2 Å². The van der Waals surface area contributed by atoms with Crippen molar-refractivity contribution in [2.45, 2.75) is 58.5 Å². The van der Waals surface area contributed by atoms with Gasteiger partial charge in [-0.15, -0.1) is 0 Å². The third-order valence-corrected chi connectivity index (χ3v) is 5.29. The predicted octanol–water partition coefficient (Wildman–Crippen LogP) is 3.50. The molecule has 28 heavy (non-hydrogen) atoms. The van der Waals surface area contributed by atoms with E-state index in [1.165, 1.54) is 0 Å². The number of fused-ring (bicyclic) bond motifs is 1. The monoisotopic (exact) mass is 387 g/mol. The minimum absolute atomic E-state index is 0.0412. The van der Waals surface area contributed by atoms with Gasteiger partial charge in [-0.2, -0.15) is 0 Å². The van der Waals surface area contributed by atoms with Gasteiger partial charge in [-0.1, -0.05) is 0 Å². The fraction of sp³-hybridized carbons (Fsp3) is 0.571. The average molecular weight is 387 g/mol. The smallest absolute Gasteiger partial charge is 0.410 e. The molecule has 0 bridgehead atoms. The van der Waals surface area contributed by atoms with Crippen molar-refractivity contribution in [1.82, 2.24) is 4.90 Å². The van der Waals surface area contributed by atoms with E-state index < -0.39 is 11.0 Å². The molecule has 0 aromatic heterocycles. The van der Waals surface area contributed by atoms with Gasteiger partial charge in [0.05, 0.1) is 5.41 Å². The average Bonchev–Trinajstić information content (AvgIpc) is 2.83. The van der Waals surface area contributed by atoms with Crippen LogP contribution >= 0.6 is 0 Å². The molecule has 2 heterocycles. The van der Waals surface area contributed by atoms with Crippen molar-refractivity contribution in [3.8, 4) is 0 Å². The van der Waals surface area contributed by atoms with E-state index in [2.05, 4.69) is 10.6 Å². The Balaban J connectivity index is 1.58. The molecule has 0 saturated carbocycles. The number of anilines is 2. The van der Waals surface area contributed by atoms with Crippen LogP contribution in [0.15, 0.2) is 18.2 Å². The van der Waals surface area contributed by atoms with Crippen molar-refractivity contribution >= 4 is 29.3 Å². The lowest BCUT2D eigenvalue weighted by atomic mass is 9.86. The van der Waals surface area contributed by atoms with Crippen LogP contribution in [-0.2, 0) is 19.7 Å². The maximum absolute atomic E-state index is 12.7. The van der Waals surface area contributed by atoms with Crippen LogP contribution in [0.2, 0.25) is 0 Å². The lowest BCUT2D eigenvalue weighted by Crippen LogP contribution is -2.43. The predicted molar refractivity (Wildman–Crippen MR) is 107 cm³/mol. The summed E-state index contributed by atoms with van der Waals surface area (Å²) < 4.78 is 5.39. The molecule has 2 aliphatic heterocycles. The van der Waals surface area contributed by atoms with Crippen LogP contribution < -0.4 is 10.6 Å². The second kappa shape index (κ2) is 7.11. The molecule has 152 valence electrons. The van der Waals surface area contributed by atoms with Crippen LogP contribution in [0.3, 0.4) is 0 Å². The summed E-state index contributed by atoms with van der Waals surface area (Å²) in [4.78, 5) is 38.5. The number of hydrogen-bond acceptors (Lipinski definition) is 4. The van der Waals surface area contributed by atoms with E-state index in [1.807, 2.05) is 46.8 Å². The zero-order valence-electron chi connectivity index (χ0n) is 17.2. The minimum Gasteiger partial charge on any atom is -0.444 e. The Kier molecular flexibility index (Phi) is 5.12. The Hall–Kier alpha value is -2.57. The van der Waals surface area contributed by atoms with Gasteiger partial charge in [-0.3, -0.25) is 9.59 Å². The number of rotatable bonds is 2. The number of piperidine rings is 1. The maximum Gasteiger partial charge on any atom is 0.410 e. The van der Waals surface area contributed by atoms with Gasteiger partial charge in [0.1, 0.15) is 5.60 Å². The Morgan fingerprint density at radius 1 is 1.21 bits per heavy atom. The van der Waals surface area contributed by atoms with Crippen LogP contribution in [0.1, 0.15) is 53.0 Å². The van der Waals surface area contributed by atoms with Crippen LogP contribution in [-0.4, -0.2) is 41.5 Å². The van der Waals surface area contributed by atoms with Crippen molar-refractivity contribution in [2.24, 2.45) is 5.92 Å². The number of hydrogen-bond donors (Lipinski definition) is 2. The molecule has 1 aromatic carbocycles. The van der Waals surface area contributed by atoms with Crippen molar-refractivity contribution in [1.29, 1.82) is 0 Å². The van der Waals surface area contributed by atoms with Crippen LogP contribution in [0.5, 0.6) is 0 Å². The lowest BCUT2D eigenvalue weighted by Gasteiger charge is -2.33. The molecule has 0 atom stereocenters. The summed E-state index contributed by atoms with van der Waals surface area (Å²) in [5, 5.41) is 5.83. The summed E-state index contributed by atoms with van der Waals surface area (Å²) in [6.45, 7) is 10.3. The summed E-state index contributed by atoms with van der Waals surface area (Å²) in [6, 6.07) is 5.48. The topological polar surface area (TPSA) is 87.7 Å². The van der Waals surface area contributed by atoms with E-state index in [0.717, 1.165) is 11.3 Å². The highest BCUT2D eigenvalue weighted by atomic mass is 16.6. The van der Waals surface area contributed by atoms with E-state index >= 15 is 0 Å². The molecule has 3 amide bonds. The van der Waals surface area contributed by atoms with Gasteiger partial charge in [-0.25, -0.2) is 4.79 Å². The summed E-state index contributed by atoms with van der Waals surface area (Å²) in [7, 11) is 0. The number of benzene rings is 1. The Bertz CT molecular complexity index is 802. The van der Waals surface area contributed by atoms with Crippen molar-refractivity contribution in [2.75, 3.05) is 23.7 Å². The first kappa shape index (κ1) is 20.2. The molecule has 1 fully saturated rings. The largest absolute Gasteiger partial charge is 0.444 e. The standard InChI is InChI=1S/C21H29N3O4/c1-20(2,3)28-19(27)24-10-8-13(9-11-24)17(25)22-14-6-7-16-15(12-14)21(4,5)18(26)23-16/h6-7,12-13H,8-11H2,1-5H3,(H,22,25)(H,23,26). The number of carbonyl (C=O) groups is 3. The summed E-state index contributed by atoms with van der Waals surface area (Å²) in [5.74, 6) is -0.251. The highest BCUT2D eigenvalue weighted by Gasteiger charge is 2.38. The number of carbonyl (C=O) groups excluding carboxylic acids is 3. The zero-order valence-corrected chi connectivity index (χ0v) is 17.2. The minimum atomic E-state index is -0.616. The fourth-order valence-electron chi connectivity index (χ4n) is 3.54. The first-order valence-corrected chi connectivity index (χ1v) is 9.72. The number of nitrogens with zero attached hydrogens (tertiary/aromatic N) is 1. The number of amides is 3. The Morgan fingerprint density at radius 2 is 1.86 bits per heavy atom. The van der Waals surface area contributed by atoms with Crippen molar-refractivity contribution < 1.29 is 19.1 Å². The second-order valence-corrected chi connectivity index (χ2v) is 9.07. The normalized spacial score (nSPS) is 19.0. The number of ether oxygens (including phenoxy) is 1. The quantitative estimate of drug-likeness (QED) is 0.813. The Labute approximate surface area is 165 Å². The SMILES string of the molecule is CC(C)(C)OC(=O)N1CCC(C(=O)Nc2ccc3c(c2)C(C)(C)C(=O)N3)CC1. The van der Waals surface area contributed by atoms with E-state index in [0.29, 0.717) is 31.6 Å². The molecule has 2 aliphatic rings.